The summed E-state index contributed by atoms with van der Waals surface area (Å²) in [6.45, 7) is 1.90. The number of benzene rings is 2. The summed E-state index contributed by atoms with van der Waals surface area (Å²) in [5.41, 5.74) is 0.253. The number of carbonyl (C=O) groups is 1. The van der Waals surface area contributed by atoms with Crippen LogP contribution in [0.15, 0.2) is 42.0 Å². The Morgan fingerprint density at radius 3 is 2.79 bits per heavy atom. The van der Waals surface area contributed by atoms with Gasteiger partial charge in [-0.1, -0.05) is 11.3 Å². The van der Waals surface area contributed by atoms with Crippen molar-refractivity contribution < 1.29 is 28.3 Å². The molecule has 0 aliphatic carbocycles. The summed E-state index contributed by atoms with van der Waals surface area (Å²) in [7, 11) is 1.32. The minimum atomic E-state index is -0.672. The summed E-state index contributed by atoms with van der Waals surface area (Å²) in [4.78, 5) is 34.7. The number of nitro benzene ring substituents is 1. The Labute approximate surface area is 195 Å². The third kappa shape index (κ3) is 4.68. The quantitative estimate of drug-likeness (QED) is 0.209. The molecule has 0 bridgehead atoms. The standard InChI is InChI=1S/C21H16FN5O6S/c1-3-32-20(28)16-9-34-21(26-16)33-11-4-5-14(13(22)6-11)25-19-12-7-17(27(29)30)18(31-2)8-15(12)23-10-24-19/h4-10H,3H2,1-2H3,(H,23,24,25). The molecule has 0 atom stereocenters. The van der Waals surface area contributed by atoms with Crippen LogP contribution in [0.25, 0.3) is 10.9 Å². The van der Waals surface area contributed by atoms with Crippen LogP contribution < -0.4 is 14.8 Å². The van der Waals surface area contributed by atoms with Crippen LogP contribution in [-0.4, -0.2) is 39.6 Å². The van der Waals surface area contributed by atoms with Gasteiger partial charge in [0.1, 0.15) is 23.7 Å². The number of ether oxygens (including phenoxy) is 3. The van der Waals surface area contributed by atoms with Gasteiger partial charge in [0, 0.05) is 23.6 Å². The highest BCUT2D eigenvalue weighted by Crippen LogP contribution is 2.35. The SMILES string of the molecule is CCOC(=O)c1csc(Oc2ccc(Nc3ncnc4cc(OC)c([N+](=O)[O-])cc34)c(F)c2)n1. The van der Waals surface area contributed by atoms with Gasteiger partial charge in [-0.3, -0.25) is 10.1 Å². The number of nitrogens with zero attached hydrogens (tertiary/aromatic N) is 4. The molecule has 2 aromatic heterocycles. The first-order chi connectivity index (χ1) is 16.4. The second-order valence-corrected chi connectivity index (χ2v) is 7.43. The summed E-state index contributed by atoms with van der Waals surface area (Å²) in [5.74, 6) is -0.880. The summed E-state index contributed by atoms with van der Waals surface area (Å²) in [5, 5.41) is 16.1. The van der Waals surface area contributed by atoms with Crippen LogP contribution in [0.2, 0.25) is 0 Å². The first kappa shape index (κ1) is 22.8. The third-order valence-corrected chi connectivity index (χ3v) is 5.22. The Bertz CT molecular complexity index is 1400. The maximum absolute atomic E-state index is 14.8. The number of thiazole rings is 1. The van der Waals surface area contributed by atoms with E-state index in [1.165, 1.54) is 43.1 Å². The van der Waals surface area contributed by atoms with Crippen molar-refractivity contribution in [2.75, 3.05) is 19.0 Å². The Hall–Kier alpha value is -4.39. The average molecular weight is 485 g/mol. The van der Waals surface area contributed by atoms with E-state index in [-0.39, 0.29) is 46.2 Å². The molecule has 1 N–H and O–H groups in total. The van der Waals surface area contributed by atoms with Crippen molar-refractivity contribution in [3.05, 3.63) is 63.7 Å². The van der Waals surface area contributed by atoms with Crippen molar-refractivity contribution in [3.63, 3.8) is 0 Å². The number of hydrogen-bond acceptors (Lipinski definition) is 11. The molecule has 13 heteroatoms. The van der Waals surface area contributed by atoms with Crippen molar-refractivity contribution in [2.45, 2.75) is 6.92 Å². The van der Waals surface area contributed by atoms with Gasteiger partial charge < -0.3 is 19.5 Å². The van der Waals surface area contributed by atoms with Gasteiger partial charge in [-0.25, -0.2) is 19.2 Å². The van der Waals surface area contributed by atoms with Gasteiger partial charge in [-0.2, -0.15) is 4.98 Å². The Balaban J connectivity index is 1.58. The minimum Gasteiger partial charge on any atom is -0.490 e. The zero-order valence-electron chi connectivity index (χ0n) is 17.8. The molecule has 0 fully saturated rings. The minimum absolute atomic E-state index is 0.0446. The molecule has 0 aliphatic heterocycles. The Kier molecular flexibility index (Phi) is 6.45. The molecule has 0 saturated carbocycles. The Morgan fingerprint density at radius 2 is 2.09 bits per heavy atom. The topological polar surface area (TPSA) is 139 Å². The molecule has 0 spiro atoms. The number of nitro groups is 1. The highest BCUT2D eigenvalue weighted by atomic mass is 32.1. The molecule has 0 saturated heterocycles. The number of carbonyl (C=O) groups excluding carboxylic acids is 1. The molecule has 0 radical (unpaired) electrons. The fourth-order valence-electron chi connectivity index (χ4n) is 2.97. The summed E-state index contributed by atoms with van der Waals surface area (Å²) in [6.07, 6.45) is 1.24. The molecular formula is C21H16FN5O6S. The lowest BCUT2D eigenvalue weighted by Gasteiger charge is -2.11. The van der Waals surface area contributed by atoms with E-state index in [1.54, 1.807) is 6.92 Å². The molecule has 2 heterocycles. The molecule has 4 aromatic rings. The van der Waals surface area contributed by atoms with Gasteiger partial charge in [0.05, 0.1) is 35.2 Å². The highest BCUT2D eigenvalue weighted by molar-refractivity contribution is 7.11. The first-order valence-corrected chi connectivity index (χ1v) is 10.6. The van der Waals surface area contributed by atoms with Gasteiger partial charge in [-0.15, -0.1) is 0 Å². The largest absolute Gasteiger partial charge is 0.490 e. The predicted molar refractivity (Wildman–Crippen MR) is 121 cm³/mol. The first-order valence-electron chi connectivity index (χ1n) is 9.73. The lowest BCUT2D eigenvalue weighted by Crippen LogP contribution is -2.04. The number of halogens is 1. The molecule has 34 heavy (non-hydrogen) atoms. The van der Waals surface area contributed by atoms with Crippen LogP contribution >= 0.6 is 11.3 Å². The zero-order chi connectivity index (χ0) is 24.2. The van der Waals surface area contributed by atoms with Crippen LogP contribution in [0.5, 0.6) is 16.7 Å². The molecular weight excluding hydrogens is 469 g/mol. The molecule has 4 rings (SSSR count). The third-order valence-electron chi connectivity index (χ3n) is 4.50. The zero-order valence-corrected chi connectivity index (χ0v) is 18.6. The monoisotopic (exact) mass is 485 g/mol. The van der Waals surface area contributed by atoms with E-state index in [4.69, 9.17) is 14.2 Å². The molecule has 2 aromatic carbocycles. The van der Waals surface area contributed by atoms with Crippen molar-refractivity contribution in [3.8, 4) is 16.7 Å². The maximum atomic E-state index is 14.8. The summed E-state index contributed by atoms with van der Waals surface area (Å²) < 4.78 is 30.2. The lowest BCUT2D eigenvalue weighted by atomic mass is 10.2. The van der Waals surface area contributed by atoms with Gasteiger partial charge >= 0.3 is 11.7 Å². The molecule has 0 unspecified atom stereocenters. The highest BCUT2D eigenvalue weighted by Gasteiger charge is 2.19. The normalized spacial score (nSPS) is 10.7. The van der Waals surface area contributed by atoms with E-state index in [9.17, 15) is 19.3 Å². The number of rotatable bonds is 8. The Morgan fingerprint density at radius 1 is 1.26 bits per heavy atom. The van der Waals surface area contributed by atoms with Gasteiger partial charge in [0.25, 0.3) is 5.19 Å². The summed E-state index contributed by atoms with van der Waals surface area (Å²) in [6, 6.07) is 6.70. The van der Waals surface area contributed by atoms with E-state index < -0.39 is 16.7 Å². The van der Waals surface area contributed by atoms with Crippen LogP contribution in [0, 0.1) is 15.9 Å². The number of esters is 1. The molecule has 0 amide bonds. The van der Waals surface area contributed by atoms with Gasteiger partial charge in [-0.05, 0) is 19.1 Å². The van der Waals surface area contributed by atoms with Crippen molar-refractivity contribution >= 4 is 45.4 Å². The van der Waals surface area contributed by atoms with Gasteiger partial charge in [0.15, 0.2) is 11.4 Å². The van der Waals surface area contributed by atoms with Crippen molar-refractivity contribution in [2.24, 2.45) is 0 Å². The maximum Gasteiger partial charge on any atom is 0.357 e. The number of hydrogen-bond donors (Lipinski definition) is 1. The van der Waals surface area contributed by atoms with E-state index >= 15 is 0 Å². The lowest BCUT2D eigenvalue weighted by molar-refractivity contribution is -0.385. The number of anilines is 2. The van der Waals surface area contributed by atoms with Crippen molar-refractivity contribution in [1.29, 1.82) is 0 Å². The van der Waals surface area contributed by atoms with E-state index in [2.05, 4.69) is 20.3 Å². The number of nitrogens with one attached hydrogen (secondary N) is 1. The fraction of sp³-hybridized carbons (Fsp3) is 0.143. The van der Waals surface area contributed by atoms with Crippen LogP contribution in [0.3, 0.4) is 0 Å². The van der Waals surface area contributed by atoms with Crippen LogP contribution in [-0.2, 0) is 4.74 Å². The number of fused-ring (bicyclic) bond motifs is 1. The molecule has 0 aliphatic rings. The molecule has 11 nitrogen and oxygen atoms in total. The van der Waals surface area contributed by atoms with E-state index in [0.717, 1.165) is 17.4 Å². The second-order valence-electron chi connectivity index (χ2n) is 6.61. The van der Waals surface area contributed by atoms with E-state index in [1.807, 2.05) is 0 Å². The second kappa shape index (κ2) is 9.62. The summed E-state index contributed by atoms with van der Waals surface area (Å²) >= 11 is 1.06. The number of methoxy groups -OCH3 is 1. The molecule has 174 valence electrons. The van der Waals surface area contributed by atoms with Crippen LogP contribution in [0.4, 0.5) is 21.6 Å². The van der Waals surface area contributed by atoms with Crippen LogP contribution in [0.1, 0.15) is 17.4 Å². The van der Waals surface area contributed by atoms with Crippen molar-refractivity contribution in [1.82, 2.24) is 15.0 Å². The predicted octanol–water partition coefficient (Wildman–Crippen LogP) is 4.85. The van der Waals surface area contributed by atoms with E-state index in [0.29, 0.717) is 10.9 Å². The average Bonchev–Trinajstić information content (AvgIpc) is 3.28. The number of aromatic nitrogens is 3. The van der Waals surface area contributed by atoms with Gasteiger partial charge in [0.2, 0.25) is 0 Å². The fourth-order valence-corrected chi connectivity index (χ4v) is 3.63. The smallest absolute Gasteiger partial charge is 0.357 e.